The van der Waals surface area contributed by atoms with Gasteiger partial charge in [0.1, 0.15) is 11.4 Å². The molecule has 0 N–H and O–H groups in total. The fraction of sp³-hybridized carbons (Fsp3) is 0.429. The summed E-state index contributed by atoms with van der Waals surface area (Å²) in [6, 6.07) is 0. The van der Waals surface area contributed by atoms with Crippen molar-refractivity contribution in [3.05, 3.63) is 11.4 Å². The molecule has 0 amide bonds. The third-order valence-electron chi connectivity index (χ3n) is 1.62. The number of rotatable bonds is 0. The van der Waals surface area contributed by atoms with E-state index in [2.05, 4.69) is 10.2 Å². The Kier molecular flexibility index (Phi) is 1.21. The quantitative estimate of drug-likeness (QED) is 0.552. The van der Waals surface area contributed by atoms with Crippen LogP contribution in [0.4, 0.5) is 0 Å². The fourth-order valence-electron chi connectivity index (χ4n) is 1.06. The standard InChI is InChI=1S/C7H8N2O2/c1-4-6-7(11-3-10-6)5(2)9-8-4/h3H2,1-2H3. The van der Waals surface area contributed by atoms with E-state index >= 15 is 0 Å². The van der Waals surface area contributed by atoms with E-state index in [9.17, 15) is 0 Å². The number of nitrogens with zero attached hydrogens (tertiary/aromatic N) is 2. The van der Waals surface area contributed by atoms with E-state index in [1.165, 1.54) is 0 Å². The number of aryl methyl sites for hydroxylation is 2. The van der Waals surface area contributed by atoms with Gasteiger partial charge in [-0.2, -0.15) is 10.2 Å². The zero-order valence-corrected chi connectivity index (χ0v) is 6.42. The van der Waals surface area contributed by atoms with Crippen molar-refractivity contribution in [3.63, 3.8) is 0 Å². The number of hydrogen-bond donors (Lipinski definition) is 0. The van der Waals surface area contributed by atoms with Crippen molar-refractivity contribution in [1.82, 2.24) is 10.2 Å². The molecule has 0 saturated carbocycles. The van der Waals surface area contributed by atoms with Crippen LogP contribution in [-0.2, 0) is 0 Å². The first-order valence-electron chi connectivity index (χ1n) is 3.38. The fourth-order valence-corrected chi connectivity index (χ4v) is 1.06. The zero-order chi connectivity index (χ0) is 7.84. The first-order chi connectivity index (χ1) is 5.29. The second-order valence-corrected chi connectivity index (χ2v) is 2.44. The van der Waals surface area contributed by atoms with Gasteiger partial charge in [-0.25, -0.2) is 0 Å². The largest absolute Gasteiger partial charge is 0.452 e. The Labute approximate surface area is 64.2 Å². The van der Waals surface area contributed by atoms with Crippen LogP contribution in [0, 0.1) is 13.8 Å². The van der Waals surface area contributed by atoms with Gasteiger partial charge in [-0.15, -0.1) is 0 Å². The van der Waals surface area contributed by atoms with Crippen molar-refractivity contribution < 1.29 is 9.47 Å². The Morgan fingerprint density at radius 2 is 1.45 bits per heavy atom. The van der Waals surface area contributed by atoms with Crippen LogP contribution < -0.4 is 9.47 Å². The average molecular weight is 152 g/mol. The third kappa shape index (κ3) is 0.824. The van der Waals surface area contributed by atoms with Gasteiger partial charge in [0.2, 0.25) is 6.79 Å². The van der Waals surface area contributed by atoms with Crippen molar-refractivity contribution in [2.24, 2.45) is 0 Å². The van der Waals surface area contributed by atoms with E-state index in [-0.39, 0.29) is 6.79 Å². The Balaban J connectivity index is 2.64. The van der Waals surface area contributed by atoms with Crippen LogP contribution in [0.15, 0.2) is 0 Å². The summed E-state index contributed by atoms with van der Waals surface area (Å²) < 4.78 is 10.4. The zero-order valence-electron chi connectivity index (χ0n) is 6.42. The van der Waals surface area contributed by atoms with Gasteiger partial charge in [0.15, 0.2) is 11.5 Å². The maximum absolute atomic E-state index is 5.19. The van der Waals surface area contributed by atoms with E-state index in [4.69, 9.17) is 9.47 Å². The summed E-state index contributed by atoms with van der Waals surface area (Å²) >= 11 is 0. The van der Waals surface area contributed by atoms with Gasteiger partial charge in [-0.05, 0) is 13.8 Å². The van der Waals surface area contributed by atoms with Crippen LogP contribution in [0.25, 0.3) is 0 Å². The smallest absolute Gasteiger partial charge is 0.231 e. The highest BCUT2D eigenvalue weighted by atomic mass is 16.7. The van der Waals surface area contributed by atoms with E-state index in [1.807, 2.05) is 13.8 Å². The summed E-state index contributed by atoms with van der Waals surface area (Å²) in [7, 11) is 0. The molecule has 0 atom stereocenters. The first kappa shape index (κ1) is 6.39. The molecule has 0 bridgehead atoms. The third-order valence-corrected chi connectivity index (χ3v) is 1.62. The highest BCUT2D eigenvalue weighted by Gasteiger charge is 2.19. The minimum absolute atomic E-state index is 0.282. The molecule has 0 saturated heterocycles. The molecule has 4 nitrogen and oxygen atoms in total. The minimum atomic E-state index is 0.282. The molecule has 0 aromatic carbocycles. The Morgan fingerprint density at radius 3 is 1.91 bits per heavy atom. The molecule has 0 radical (unpaired) electrons. The molecular weight excluding hydrogens is 144 g/mol. The van der Waals surface area contributed by atoms with Crippen LogP contribution in [-0.4, -0.2) is 17.0 Å². The lowest BCUT2D eigenvalue weighted by Gasteiger charge is -1.99. The molecule has 2 heterocycles. The first-order valence-corrected chi connectivity index (χ1v) is 3.38. The molecule has 4 heteroatoms. The predicted octanol–water partition coefficient (Wildman–Crippen LogP) is 0.822. The van der Waals surface area contributed by atoms with Crippen LogP contribution in [0.2, 0.25) is 0 Å². The predicted molar refractivity (Wildman–Crippen MR) is 37.6 cm³/mol. The summed E-state index contributed by atoms with van der Waals surface area (Å²) in [4.78, 5) is 0. The maximum atomic E-state index is 5.19. The lowest BCUT2D eigenvalue weighted by atomic mass is 10.3. The SMILES string of the molecule is Cc1nnc(C)c2c1OCO2. The van der Waals surface area contributed by atoms with Crippen molar-refractivity contribution in [3.8, 4) is 11.5 Å². The Morgan fingerprint density at radius 1 is 1.00 bits per heavy atom. The van der Waals surface area contributed by atoms with Gasteiger partial charge in [0, 0.05) is 0 Å². The van der Waals surface area contributed by atoms with Gasteiger partial charge in [-0.3, -0.25) is 0 Å². The maximum Gasteiger partial charge on any atom is 0.231 e. The minimum Gasteiger partial charge on any atom is -0.452 e. The highest BCUT2D eigenvalue weighted by molar-refractivity contribution is 5.46. The van der Waals surface area contributed by atoms with Gasteiger partial charge < -0.3 is 9.47 Å². The summed E-state index contributed by atoms with van der Waals surface area (Å²) in [6.45, 7) is 3.98. The van der Waals surface area contributed by atoms with Gasteiger partial charge in [-0.1, -0.05) is 0 Å². The van der Waals surface area contributed by atoms with Gasteiger partial charge >= 0.3 is 0 Å². The molecule has 0 unspecified atom stereocenters. The second-order valence-electron chi connectivity index (χ2n) is 2.44. The van der Waals surface area contributed by atoms with Gasteiger partial charge in [0.05, 0.1) is 0 Å². The highest BCUT2D eigenvalue weighted by Crippen LogP contribution is 2.35. The molecule has 1 aliphatic heterocycles. The monoisotopic (exact) mass is 152 g/mol. The van der Waals surface area contributed by atoms with Crippen molar-refractivity contribution in [1.29, 1.82) is 0 Å². The van der Waals surface area contributed by atoms with E-state index in [1.54, 1.807) is 0 Å². The normalized spacial score (nSPS) is 13.6. The van der Waals surface area contributed by atoms with E-state index in [0.29, 0.717) is 0 Å². The van der Waals surface area contributed by atoms with Crippen LogP contribution in [0.5, 0.6) is 11.5 Å². The summed E-state index contributed by atoms with van der Waals surface area (Å²) in [5.74, 6) is 1.47. The molecule has 0 spiro atoms. The number of fused-ring (bicyclic) bond motifs is 1. The molecular formula is C7H8N2O2. The number of aromatic nitrogens is 2. The Bertz CT molecular complexity index is 270. The summed E-state index contributed by atoms with van der Waals surface area (Å²) in [6.07, 6.45) is 0. The lowest BCUT2D eigenvalue weighted by molar-refractivity contribution is 0.172. The van der Waals surface area contributed by atoms with Crippen molar-refractivity contribution >= 4 is 0 Å². The number of ether oxygens (including phenoxy) is 2. The lowest BCUT2D eigenvalue weighted by Crippen LogP contribution is -1.93. The van der Waals surface area contributed by atoms with E-state index < -0.39 is 0 Å². The molecule has 11 heavy (non-hydrogen) atoms. The van der Waals surface area contributed by atoms with Crippen molar-refractivity contribution in [2.45, 2.75) is 13.8 Å². The molecule has 1 aliphatic rings. The second kappa shape index (κ2) is 2.08. The molecule has 2 rings (SSSR count). The Hall–Kier alpha value is -1.32. The number of hydrogen-bond acceptors (Lipinski definition) is 4. The topological polar surface area (TPSA) is 44.2 Å². The van der Waals surface area contributed by atoms with Crippen LogP contribution in [0.1, 0.15) is 11.4 Å². The molecule has 1 aromatic heterocycles. The van der Waals surface area contributed by atoms with E-state index in [0.717, 1.165) is 22.9 Å². The molecule has 0 fully saturated rings. The average Bonchev–Trinajstić information content (AvgIpc) is 2.45. The molecule has 0 aliphatic carbocycles. The molecule has 1 aromatic rings. The van der Waals surface area contributed by atoms with Crippen LogP contribution in [0.3, 0.4) is 0 Å². The van der Waals surface area contributed by atoms with Gasteiger partial charge in [0.25, 0.3) is 0 Å². The molecule has 58 valence electrons. The van der Waals surface area contributed by atoms with Crippen LogP contribution >= 0.6 is 0 Å². The summed E-state index contributed by atoms with van der Waals surface area (Å²) in [5.41, 5.74) is 1.56. The summed E-state index contributed by atoms with van der Waals surface area (Å²) in [5, 5.41) is 7.79. The van der Waals surface area contributed by atoms with Crippen molar-refractivity contribution in [2.75, 3.05) is 6.79 Å².